The molecule has 0 aromatic heterocycles. The van der Waals surface area contributed by atoms with E-state index < -0.39 is 0 Å². The summed E-state index contributed by atoms with van der Waals surface area (Å²) in [7, 11) is 0. The smallest absolute Gasteiger partial charge is 0.0687 e. The molecule has 2 rings (SSSR count). The van der Waals surface area contributed by atoms with Crippen molar-refractivity contribution in [2.75, 3.05) is 13.1 Å². The van der Waals surface area contributed by atoms with Gasteiger partial charge >= 0.3 is 0 Å². The van der Waals surface area contributed by atoms with Gasteiger partial charge in [0.15, 0.2) is 0 Å². The van der Waals surface area contributed by atoms with Crippen molar-refractivity contribution in [2.45, 2.75) is 84.3 Å². The summed E-state index contributed by atoms with van der Waals surface area (Å²) >= 11 is 0. The standard InChI is InChI=1S/C17H33NO/c1-14(2)12-18-13-16(3,4)11-15-7-10-17(19-15)8-5-6-9-17/h14-15,18H,5-13H2,1-4H3. The predicted octanol–water partition coefficient (Wildman–Crippen LogP) is 4.14. The summed E-state index contributed by atoms with van der Waals surface area (Å²) in [4.78, 5) is 0. The zero-order chi connectivity index (χ0) is 13.9. The van der Waals surface area contributed by atoms with Crippen molar-refractivity contribution in [2.24, 2.45) is 11.3 Å². The monoisotopic (exact) mass is 267 g/mol. The molecule has 1 heterocycles. The summed E-state index contributed by atoms with van der Waals surface area (Å²) in [6.45, 7) is 11.5. The maximum atomic E-state index is 6.45. The van der Waals surface area contributed by atoms with Crippen LogP contribution in [0.5, 0.6) is 0 Å². The highest BCUT2D eigenvalue weighted by molar-refractivity contribution is 4.94. The first kappa shape index (κ1) is 15.3. The molecule has 2 heteroatoms. The van der Waals surface area contributed by atoms with Gasteiger partial charge in [0.05, 0.1) is 11.7 Å². The first-order valence-corrected chi connectivity index (χ1v) is 8.29. The summed E-state index contributed by atoms with van der Waals surface area (Å²) in [5.74, 6) is 0.736. The summed E-state index contributed by atoms with van der Waals surface area (Å²) in [5, 5.41) is 3.60. The van der Waals surface area contributed by atoms with Crippen molar-refractivity contribution in [1.82, 2.24) is 5.32 Å². The Morgan fingerprint density at radius 2 is 1.89 bits per heavy atom. The van der Waals surface area contributed by atoms with E-state index >= 15 is 0 Å². The Morgan fingerprint density at radius 1 is 1.21 bits per heavy atom. The highest BCUT2D eigenvalue weighted by atomic mass is 16.5. The van der Waals surface area contributed by atoms with Crippen LogP contribution < -0.4 is 5.32 Å². The molecule has 1 saturated carbocycles. The average Bonchev–Trinajstić information content (AvgIpc) is 2.88. The highest BCUT2D eigenvalue weighted by Gasteiger charge is 2.43. The fourth-order valence-corrected chi connectivity index (χ4v) is 3.81. The van der Waals surface area contributed by atoms with Gasteiger partial charge in [0.2, 0.25) is 0 Å². The maximum Gasteiger partial charge on any atom is 0.0687 e. The third-order valence-electron chi connectivity index (χ3n) is 4.79. The van der Waals surface area contributed by atoms with Crippen molar-refractivity contribution in [1.29, 1.82) is 0 Å². The van der Waals surface area contributed by atoms with Crippen molar-refractivity contribution in [3.05, 3.63) is 0 Å². The molecule has 2 aliphatic rings. The van der Waals surface area contributed by atoms with Crippen LogP contribution in [0.4, 0.5) is 0 Å². The minimum atomic E-state index is 0.298. The van der Waals surface area contributed by atoms with Gasteiger partial charge < -0.3 is 10.1 Å². The second-order valence-corrected chi connectivity index (χ2v) is 8.06. The lowest BCUT2D eigenvalue weighted by Gasteiger charge is -2.30. The van der Waals surface area contributed by atoms with E-state index in [0.29, 0.717) is 17.1 Å². The predicted molar refractivity (Wildman–Crippen MR) is 81.4 cm³/mol. The van der Waals surface area contributed by atoms with Crippen LogP contribution in [0.3, 0.4) is 0 Å². The molecule has 1 atom stereocenters. The summed E-state index contributed by atoms with van der Waals surface area (Å²) in [5.41, 5.74) is 0.649. The molecule has 1 unspecified atom stereocenters. The third-order valence-corrected chi connectivity index (χ3v) is 4.79. The average molecular weight is 267 g/mol. The molecule has 1 aliphatic carbocycles. The van der Waals surface area contributed by atoms with Crippen LogP contribution in [0, 0.1) is 11.3 Å². The van der Waals surface area contributed by atoms with E-state index in [1.165, 1.54) is 44.9 Å². The van der Waals surface area contributed by atoms with Gasteiger partial charge in [-0.2, -0.15) is 0 Å². The van der Waals surface area contributed by atoms with E-state index in [1.807, 2.05) is 0 Å². The van der Waals surface area contributed by atoms with Crippen LogP contribution in [0.25, 0.3) is 0 Å². The van der Waals surface area contributed by atoms with Gasteiger partial charge in [-0.3, -0.25) is 0 Å². The maximum absolute atomic E-state index is 6.45. The Labute approximate surface area is 119 Å². The van der Waals surface area contributed by atoms with Crippen molar-refractivity contribution < 1.29 is 4.74 Å². The second kappa shape index (κ2) is 6.13. The lowest BCUT2D eigenvalue weighted by Crippen LogP contribution is -2.35. The van der Waals surface area contributed by atoms with Crippen LogP contribution in [0.15, 0.2) is 0 Å². The van der Waals surface area contributed by atoms with Crippen molar-refractivity contribution in [3.63, 3.8) is 0 Å². The zero-order valence-electron chi connectivity index (χ0n) is 13.4. The first-order valence-electron chi connectivity index (χ1n) is 8.29. The van der Waals surface area contributed by atoms with Crippen LogP contribution in [-0.2, 0) is 4.74 Å². The molecule has 112 valence electrons. The molecule has 0 aromatic rings. The Balaban J connectivity index is 1.74. The molecule has 19 heavy (non-hydrogen) atoms. The van der Waals surface area contributed by atoms with Gasteiger partial charge in [0, 0.05) is 6.54 Å². The number of ether oxygens (including phenoxy) is 1. The topological polar surface area (TPSA) is 21.3 Å². The minimum Gasteiger partial charge on any atom is -0.372 e. The van der Waals surface area contributed by atoms with Crippen molar-refractivity contribution >= 4 is 0 Å². The summed E-state index contributed by atoms with van der Waals surface area (Å²) in [6.07, 6.45) is 9.71. The number of hydrogen-bond donors (Lipinski definition) is 1. The summed E-state index contributed by atoms with van der Waals surface area (Å²) in [6, 6.07) is 0. The van der Waals surface area contributed by atoms with Gasteiger partial charge in [-0.25, -0.2) is 0 Å². The Morgan fingerprint density at radius 3 is 2.53 bits per heavy atom. The molecular weight excluding hydrogens is 234 g/mol. The fourth-order valence-electron chi connectivity index (χ4n) is 3.81. The molecule has 1 saturated heterocycles. The molecule has 1 spiro atoms. The molecule has 2 nitrogen and oxygen atoms in total. The second-order valence-electron chi connectivity index (χ2n) is 8.06. The highest BCUT2D eigenvalue weighted by Crippen LogP contribution is 2.45. The lowest BCUT2D eigenvalue weighted by molar-refractivity contribution is -0.0502. The molecule has 0 bridgehead atoms. The number of nitrogens with one attached hydrogen (secondary N) is 1. The molecular formula is C17H33NO. The molecule has 1 N–H and O–H groups in total. The van der Waals surface area contributed by atoms with E-state index in [0.717, 1.165) is 19.0 Å². The van der Waals surface area contributed by atoms with Crippen molar-refractivity contribution in [3.8, 4) is 0 Å². The van der Waals surface area contributed by atoms with Gasteiger partial charge in [0.25, 0.3) is 0 Å². The Bertz CT molecular complexity index is 279. The van der Waals surface area contributed by atoms with Crippen LogP contribution in [-0.4, -0.2) is 24.8 Å². The first-order chi connectivity index (χ1) is 8.91. The van der Waals surface area contributed by atoms with E-state index in [4.69, 9.17) is 4.74 Å². The number of hydrogen-bond acceptors (Lipinski definition) is 2. The number of rotatable bonds is 6. The minimum absolute atomic E-state index is 0.298. The molecule has 2 fully saturated rings. The molecule has 0 aromatic carbocycles. The molecule has 0 radical (unpaired) electrons. The van der Waals surface area contributed by atoms with Gasteiger partial charge in [-0.1, -0.05) is 40.5 Å². The van der Waals surface area contributed by atoms with Gasteiger partial charge in [-0.05, 0) is 50.0 Å². The van der Waals surface area contributed by atoms with E-state index in [9.17, 15) is 0 Å². The van der Waals surface area contributed by atoms with E-state index in [1.54, 1.807) is 0 Å². The van der Waals surface area contributed by atoms with Crippen LogP contribution in [0.1, 0.15) is 72.6 Å². The zero-order valence-corrected chi connectivity index (χ0v) is 13.4. The van der Waals surface area contributed by atoms with E-state index in [2.05, 4.69) is 33.0 Å². The normalized spacial score (nSPS) is 26.7. The Hall–Kier alpha value is -0.0800. The molecule has 0 amide bonds. The fraction of sp³-hybridized carbons (Fsp3) is 1.00. The summed E-state index contributed by atoms with van der Waals surface area (Å²) < 4.78 is 6.45. The van der Waals surface area contributed by atoms with Crippen LogP contribution >= 0.6 is 0 Å². The van der Waals surface area contributed by atoms with Crippen LogP contribution in [0.2, 0.25) is 0 Å². The Kier molecular flexibility index (Phi) is 4.94. The lowest BCUT2D eigenvalue weighted by atomic mass is 9.85. The van der Waals surface area contributed by atoms with Gasteiger partial charge in [-0.15, -0.1) is 0 Å². The SMILES string of the molecule is CC(C)CNCC(C)(C)CC1CCC2(CCCC2)O1. The third kappa shape index (κ3) is 4.46. The van der Waals surface area contributed by atoms with E-state index in [-0.39, 0.29) is 0 Å². The largest absolute Gasteiger partial charge is 0.372 e. The molecule has 1 aliphatic heterocycles. The quantitative estimate of drug-likeness (QED) is 0.781. The van der Waals surface area contributed by atoms with Gasteiger partial charge in [0.1, 0.15) is 0 Å².